The van der Waals surface area contributed by atoms with Crippen LogP contribution in [0.4, 0.5) is 0 Å². The second-order valence-corrected chi connectivity index (χ2v) is 4.03. The Labute approximate surface area is 96.9 Å². The van der Waals surface area contributed by atoms with Crippen LogP contribution in [0, 0.1) is 13.8 Å². The van der Waals surface area contributed by atoms with Crippen LogP contribution in [0.15, 0.2) is 30.4 Å². The minimum absolute atomic E-state index is 0.315. The molecule has 0 saturated carbocycles. The zero-order valence-electron chi connectivity index (χ0n) is 10.2. The van der Waals surface area contributed by atoms with E-state index in [0.717, 1.165) is 6.42 Å². The maximum absolute atomic E-state index is 11.2. The summed E-state index contributed by atoms with van der Waals surface area (Å²) in [5.41, 5.74) is 4.22. The molecule has 0 bridgehead atoms. The summed E-state index contributed by atoms with van der Waals surface area (Å²) in [7, 11) is 0. The number of hydrogen-bond donors (Lipinski definition) is 0. The van der Waals surface area contributed by atoms with E-state index in [0.29, 0.717) is 12.2 Å². The molecule has 0 heterocycles. The van der Waals surface area contributed by atoms with Crippen molar-refractivity contribution in [2.45, 2.75) is 27.2 Å². The molecule has 0 amide bonds. The van der Waals surface area contributed by atoms with Crippen LogP contribution in [0.1, 0.15) is 23.6 Å². The van der Waals surface area contributed by atoms with Gasteiger partial charge in [-0.05, 0) is 37.5 Å². The summed E-state index contributed by atoms with van der Waals surface area (Å²) >= 11 is 0. The van der Waals surface area contributed by atoms with Gasteiger partial charge in [0.15, 0.2) is 0 Å². The molecule has 0 unspecified atom stereocenters. The Hall–Kier alpha value is -1.57. The summed E-state index contributed by atoms with van der Waals surface area (Å²) in [6, 6.07) is 6.17. The molecule has 16 heavy (non-hydrogen) atoms. The molecule has 0 spiro atoms. The topological polar surface area (TPSA) is 26.3 Å². The Morgan fingerprint density at radius 3 is 2.69 bits per heavy atom. The van der Waals surface area contributed by atoms with E-state index in [1.165, 1.54) is 16.7 Å². The molecule has 2 nitrogen and oxygen atoms in total. The van der Waals surface area contributed by atoms with E-state index in [2.05, 4.69) is 32.6 Å². The van der Waals surface area contributed by atoms with Gasteiger partial charge in [-0.1, -0.05) is 24.8 Å². The van der Waals surface area contributed by atoms with Crippen LogP contribution in [0.3, 0.4) is 0 Å². The average Bonchev–Trinajstić information content (AvgIpc) is 2.24. The van der Waals surface area contributed by atoms with Crippen LogP contribution in [0.5, 0.6) is 0 Å². The van der Waals surface area contributed by atoms with Gasteiger partial charge in [-0.3, -0.25) is 0 Å². The summed E-state index contributed by atoms with van der Waals surface area (Å²) in [6.45, 7) is 9.77. The van der Waals surface area contributed by atoms with E-state index in [9.17, 15) is 4.79 Å². The summed E-state index contributed by atoms with van der Waals surface area (Å²) in [6.07, 6.45) is 0.756. The normalized spacial score (nSPS) is 9.94. The van der Waals surface area contributed by atoms with Crippen molar-refractivity contribution in [3.05, 3.63) is 47.0 Å². The highest BCUT2D eigenvalue weighted by molar-refractivity contribution is 5.86. The average molecular weight is 218 g/mol. The fourth-order valence-electron chi connectivity index (χ4n) is 1.46. The summed E-state index contributed by atoms with van der Waals surface area (Å²) in [4.78, 5) is 11.2. The van der Waals surface area contributed by atoms with Gasteiger partial charge in [-0.15, -0.1) is 0 Å². The smallest absolute Gasteiger partial charge is 0.333 e. The van der Waals surface area contributed by atoms with Gasteiger partial charge < -0.3 is 4.74 Å². The zero-order chi connectivity index (χ0) is 12.1. The lowest BCUT2D eigenvalue weighted by Gasteiger charge is -2.09. The van der Waals surface area contributed by atoms with Crippen LogP contribution < -0.4 is 0 Å². The molecule has 1 aromatic rings. The van der Waals surface area contributed by atoms with Crippen molar-refractivity contribution in [1.29, 1.82) is 0 Å². The minimum Gasteiger partial charge on any atom is -0.462 e. The number of hydrogen-bond acceptors (Lipinski definition) is 2. The first-order chi connectivity index (χ1) is 7.52. The van der Waals surface area contributed by atoms with Gasteiger partial charge in [0.05, 0.1) is 6.61 Å². The molecule has 0 atom stereocenters. The third kappa shape index (κ3) is 3.23. The molecule has 0 aliphatic rings. The van der Waals surface area contributed by atoms with Gasteiger partial charge in [0.25, 0.3) is 0 Å². The Morgan fingerprint density at radius 1 is 1.38 bits per heavy atom. The van der Waals surface area contributed by atoms with Crippen molar-refractivity contribution in [1.82, 2.24) is 0 Å². The number of ether oxygens (including phenoxy) is 1. The van der Waals surface area contributed by atoms with E-state index in [4.69, 9.17) is 4.74 Å². The first kappa shape index (κ1) is 12.5. The molecule has 0 fully saturated rings. The molecule has 0 aromatic heterocycles. The SMILES string of the molecule is C=C(C)C(=O)OCCc1cccc(C)c1C. The van der Waals surface area contributed by atoms with Crippen molar-refractivity contribution in [2.75, 3.05) is 6.61 Å². The molecule has 1 aromatic carbocycles. The van der Waals surface area contributed by atoms with Crippen LogP contribution in [0.25, 0.3) is 0 Å². The quantitative estimate of drug-likeness (QED) is 0.573. The van der Waals surface area contributed by atoms with Crippen molar-refractivity contribution < 1.29 is 9.53 Å². The molecule has 0 radical (unpaired) electrons. The monoisotopic (exact) mass is 218 g/mol. The zero-order valence-corrected chi connectivity index (χ0v) is 10.2. The number of benzene rings is 1. The van der Waals surface area contributed by atoms with Crippen LogP contribution >= 0.6 is 0 Å². The lowest BCUT2D eigenvalue weighted by molar-refractivity contribution is -0.138. The van der Waals surface area contributed by atoms with Gasteiger partial charge in [0, 0.05) is 12.0 Å². The van der Waals surface area contributed by atoms with Crippen molar-refractivity contribution in [2.24, 2.45) is 0 Å². The van der Waals surface area contributed by atoms with Crippen LogP contribution in [-0.4, -0.2) is 12.6 Å². The maximum atomic E-state index is 11.2. The Balaban J connectivity index is 2.52. The highest BCUT2D eigenvalue weighted by atomic mass is 16.5. The van der Waals surface area contributed by atoms with Crippen molar-refractivity contribution in [3.63, 3.8) is 0 Å². The largest absolute Gasteiger partial charge is 0.462 e. The number of aryl methyl sites for hydroxylation is 1. The van der Waals surface area contributed by atoms with E-state index in [1.54, 1.807) is 6.92 Å². The van der Waals surface area contributed by atoms with Crippen molar-refractivity contribution in [3.8, 4) is 0 Å². The number of rotatable bonds is 4. The van der Waals surface area contributed by atoms with E-state index in [-0.39, 0.29) is 5.97 Å². The number of esters is 1. The molecule has 0 N–H and O–H groups in total. The molecule has 0 aliphatic carbocycles. The highest BCUT2D eigenvalue weighted by Crippen LogP contribution is 2.13. The molecular weight excluding hydrogens is 200 g/mol. The summed E-state index contributed by atoms with van der Waals surface area (Å²) in [5.74, 6) is -0.315. The fraction of sp³-hybridized carbons (Fsp3) is 0.357. The Kier molecular flexibility index (Phi) is 4.29. The van der Waals surface area contributed by atoms with Crippen LogP contribution in [0.2, 0.25) is 0 Å². The van der Waals surface area contributed by atoms with Gasteiger partial charge in [0.1, 0.15) is 0 Å². The fourth-order valence-corrected chi connectivity index (χ4v) is 1.46. The minimum atomic E-state index is -0.315. The van der Waals surface area contributed by atoms with Gasteiger partial charge in [-0.2, -0.15) is 0 Å². The summed E-state index contributed by atoms with van der Waals surface area (Å²) in [5, 5.41) is 0. The predicted molar refractivity (Wildman–Crippen MR) is 65.4 cm³/mol. The number of carbonyl (C=O) groups excluding carboxylic acids is 1. The van der Waals surface area contributed by atoms with Crippen LogP contribution in [-0.2, 0) is 16.0 Å². The molecule has 1 rings (SSSR count). The maximum Gasteiger partial charge on any atom is 0.333 e. The van der Waals surface area contributed by atoms with Gasteiger partial charge in [0.2, 0.25) is 0 Å². The standard InChI is InChI=1S/C14H18O2/c1-10(2)14(15)16-9-8-13-7-5-6-11(3)12(13)4/h5-7H,1,8-9H2,2-4H3. The van der Waals surface area contributed by atoms with Gasteiger partial charge in [-0.25, -0.2) is 4.79 Å². The van der Waals surface area contributed by atoms with E-state index in [1.807, 2.05) is 6.07 Å². The molecule has 0 saturated heterocycles. The summed E-state index contributed by atoms with van der Waals surface area (Å²) < 4.78 is 5.06. The Morgan fingerprint density at radius 2 is 2.06 bits per heavy atom. The molecule has 0 aliphatic heterocycles. The third-order valence-corrected chi connectivity index (χ3v) is 2.67. The van der Waals surface area contributed by atoms with E-state index < -0.39 is 0 Å². The lowest BCUT2D eigenvalue weighted by atomic mass is 10.0. The Bertz CT molecular complexity index is 405. The lowest BCUT2D eigenvalue weighted by Crippen LogP contribution is -2.08. The highest BCUT2D eigenvalue weighted by Gasteiger charge is 2.04. The van der Waals surface area contributed by atoms with Gasteiger partial charge >= 0.3 is 5.97 Å². The van der Waals surface area contributed by atoms with E-state index >= 15 is 0 Å². The number of carbonyl (C=O) groups is 1. The molecule has 2 heteroatoms. The molecule has 86 valence electrons. The predicted octanol–water partition coefficient (Wildman–Crippen LogP) is 2.97. The third-order valence-electron chi connectivity index (χ3n) is 2.67. The second-order valence-electron chi connectivity index (χ2n) is 4.03. The first-order valence-corrected chi connectivity index (χ1v) is 5.40. The molecular formula is C14H18O2. The van der Waals surface area contributed by atoms with Crippen molar-refractivity contribution >= 4 is 5.97 Å². The second kappa shape index (κ2) is 5.50. The first-order valence-electron chi connectivity index (χ1n) is 5.40.